The number of thiazole rings is 1. The van der Waals surface area contributed by atoms with E-state index in [-0.39, 0.29) is 5.91 Å². The number of hydrogen-bond acceptors (Lipinski definition) is 5. The molecule has 3 aromatic heterocycles. The first-order chi connectivity index (χ1) is 13.2. The molecule has 0 aliphatic carbocycles. The molecular weight excluding hydrogens is 376 g/mol. The maximum atomic E-state index is 12.8. The zero-order valence-electron chi connectivity index (χ0n) is 14.3. The fourth-order valence-electron chi connectivity index (χ4n) is 2.99. The third-order valence-electron chi connectivity index (χ3n) is 4.28. The predicted molar refractivity (Wildman–Crippen MR) is 111 cm³/mol. The Labute approximate surface area is 162 Å². The molecule has 132 valence electrons. The number of fused-ring (bicyclic) bond motifs is 2. The predicted octanol–water partition coefficient (Wildman–Crippen LogP) is 5.26. The van der Waals surface area contributed by atoms with Gasteiger partial charge in [-0.3, -0.25) is 10.1 Å². The summed E-state index contributed by atoms with van der Waals surface area (Å²) in [7, 11) is 0. The second-order valence-electron chi connectivity index (χ2n) is 6.10. The number of thiophene rings is 1. The highest BCUT2D eigenvalue weighted by Gasteiger charge is 2.18. The largest absolute Gasteiger partial charge is 0.297 e. The second kappa shape index (κ2) is 6.29. The van der Waals surface area contributed by atoms with Crippen LogP contribution < -0.4 is 5.32 Å². The van der Waals surface area contributed by atoms with Crippen molar-refractivity contribution in [1.29, 1.82) is 0 Å². The minimum Gasteiger partial charge on any atom is -0.297 e. The molecule has 0 spiro atoms. The van der Waals surface area contributed by atoms with E-state index in [1.807, 2.05) is 72.3 Å². The zero-order chi connectivity index (χ0) is 18.4. The van der Waals surface area contributed by atoms with E-state index in [0.29, 0.717) is 10.0 Å². The number of carbonyl (C=O) groups excluding carboxylic acids is 1. The molecule has 0 bridgehead atoms. The molecule has 0 fully saturated rings. The molecular formula is C20H14N4OS2. The minimum atomic E-state index is -0.144. The Hall–Kier alpha value is -3.03. The van der Waals surface area contributed by atoms with Gasteiger partial charge in [-0.25, -0.2) is 9.67 Å². The van der Waals surface area contributed by atoms with Crippen LogP contribution in [-0.4, -0.2) is 20.7 Å². The molecule has 0 aliphatic rings. The number of para-hydroxylation sites is 2. The Kier molecular flexibility index (Phi) is 3.77. The van der Waals surface area contributed by atoms with E-state index in [2.05, 4.69) is 15.4 Å². The lowest BCUT2D eigenvalue weighted by Gasteiger charge is -2.01. The highest BCUT2D eigenvalue weighted by atomic mass is 32.1. The van der Waals surface area contributed by atoms with Crippen LogP contribution in [0.1, 0.15) is 15.4 Å². The lowest BCUT2D eigenvalue weighted by Crippen LogP contribution is -2.09. The van der Waals surface area contributed by atoms with Crippen LogP contribution in [0.25, 0.3) is 26.1 Å². The van der Waals surface area contributed by atoms with E-state index < -0.39 is 0 Å². The molecule has 0 atom stereocenters. The van der Waals surface area contributed by atoms with Gasteiger partial charge in [-0.2, -0.15) is 5.10 Å². The Balaban J connectivity index is 1.50. The van der Waals surface area contributed by atoms with Gasteiger partial charge in [0.05, 0.1) is 26.5 Å². The number of benzene rings is 2. The van der Waals surface area contributed by atoms with Crippen molar-refractivity contribution in [3.63, 3.8) is 0 Å². The smallest absolute Gasteiger partial charge is 0.267 e. The molecule has 27 heavy (non-hydrogen) atoms. The minimum absolute atomic E-state index is 0.144. The summed E-state index contributed by atoms with van der Waals surface area (Å²) < 4.78 is 2.95. The van der Waals surface area contributed by atoms with Gasteiger partial charge in [0.1, 0.15) is 4.83 Å². The van der Waals surface area contributed by atoms with Crippen molar-refractivity contribution in [2.45, 2.75) is 6.92 Å². The van der Waals surface area contributed by atoms with Gasteiger partial charge in [-0.1, -0.05) is 41.7 Å². The summed E-state index contributed by atoms with van der Waals surface area (Å²) in [6.07, 6.45) is 0. The van der Waals surface area contributed by atoms with Crippen molar-refractivity contribution in [2.75, 3.05) is 5.32 Å². The van der Waals surface area contributed by atoms with E-state index in [1.165, 1.54) is 22.7 Å². The van der Waals surface area contributed by atoms with Crippen LogP contribution in [0, 0.1) is 6.92 Å². The van der Waals surface area contributed by atoms with Gasteiger partial charge in [0, 0.05) is 5.39 Å². The van der Waals surface area contributed by atoms with Gasteiger partial charge < -0.3 is 0 Å². The lowest BCUT2D eigenvalue weighted by molar-refractivity contribution is 0.103. The Morgan fingerprint density at radius 1 is 1.04 bits per heavy atom. The topological polar surface area (TPSA) is 59.8 Å². The van der Waals surface area contributed by atoms with E-state index in [4.69, 9.17) is 0 Å². The van der Waals surface area contributed by atoms with Crippen molar-refractivity contribution in [3.8, 4) is 5.69 Å². The van der Waals surface area contributed by atoms with E-state index in [0.717, 1.165) is 31.8 Å². The highest BCUT2D eigenvalue weighted by molar-refractivity contribution is 7.23. The monoisotopic (exact) mass is 390 g/mol. The van der Waals surface area contributed by atoms with Gasteiger partial charge in [0.2, 0.25) is 0 Å². The first kappa shape index (κ1) is 16.2. The molecule has 0 radical (unpaired) electrons. The van der Waals surface area contributed by atoms with Crippen LogP contribution in [-0.2, 0) is 0 Å². The number of hydrogen-bond donors (Lipinski definition) is 1. The summed E-state index contributed by atoms with van der Waals surface area (Å²) in [5.41, 5.74) is 2.78. The van der Waals surface area contributed by atoms with Crippen LogP contribution >= 0.6 is 22.7 Å². The average molecular weight is 390 g/mol. The first-order valence-electron chi connectivity index (χ1n) is 8.40. The molecule has 1 N–H and O–H groups in total. The first-order valence-corrected chi connectivity index (χ1v) is 10.0. The van der Waals surface area contributed by atoms with Gasteiger partial charge in [0.15, 0.2) is 5.13 Å². The molecule has 5 aromatic rings. The number of anilines is 1. The number of nitrogens with zero attached hydrogens (tertiary/aromatic N) is 3. The van der Waals surface area contributed by atoms with Gasteiger partial charge in [-0.05, 0) is 37.3 Å². The zero-order valence-corrected chi connectivity index (χ0v) is 16.0. The van der Waals surface area contributed by atoms with Crippen LogP contribution in [0.5, 0.6) is 0 Å². The number of amides is 1. The maximum absolute atomic E-state index is 12.8. The van der Waals surface area contributed by atoms with E-state index >= 15 is 0 Å². The summed E-state index contributed by atoms with van der Waals surface area (Å²) in [5, 5.41) is 9.15. The van der Waals surface area contributed by atoms with Crippen molar-refractivity contribution in [1.82, 2.24) is 14.8 Å². The number of nitrogens with one attached hydrogen (secondary N) is 1. The van der Waals surface area contributed by atoms with Gasteiger partial charge in [0.25, 0.3) is 5.91 Å². The third kappa shape index (κ3) is 2.81. The summed E-state index contributed by atoms with van der Waals surface area (Å²) in [6.45, 7) is 1.96. The molecule has 1 amide bonds. The molecule has 0 aliphatic heterocycles. The van der Waals surface area contributed by atoms with Crippen molar-refractivity contribution in [2.24, 2.45) is 0 Å². The van der Waals surface area contributed by atoms with Gasteiger partial charge in [-0.15, -0.1) is 11.3 Å². The summed E-state index contributed by atoms with van der Waals surface area (Å²) in [6, 6.07) is 19.7. The third-order valence-corrected chi connectivity index (χ3v) is 6.34. The molecule has 0 saturated carbocycles. The standard InChI is InChI=1S/C20H14N4OS2/c1-12-14-11-17(26-19(14)24(23-12)13-7-3-2-4-8-13)18(25)22-20-21-15-9-5-6-10-16(15)27-20/h2-11H,1H3,(H,21,22,25). The fraction of sp³-hybridized carbons (Fsp3) is 0.0500. The number of rotatable bonds is 3. The SMILES string of the molecule is Cc1nn(-c2ccccc2)c2sc(C(=O)Nc3nc4ccccc4s3)cc12. The Morgan fingerprint density at radius 3 is 2.63 bits per heavy atom. The normalized spacial score (nSPS) is 11.3. The van der Waals surface area contributed by atoms with Crippen molar-refractivity contribution >= 4 is 54.1 Å². The van der Waals surface area contributed by atoms with Crippen LogP contribution in [0.4, 0.5) is 5.13 Å². The summed E-state index contributed by atoms with van der Waals surface area (Å²) >= 11 is 2.92. The Bertz CT molecular complexity index is 1250. The number of carbonyl (C=O) groups is 1. The van der Waals surface area contributed by atoms with E-state index in [1.54, 1.807) is 0 Å². The molecule has 5 rings (SSSR count). The molecule has 0 saturated heterocycles. The number of aryl methyl sites for hydroxylation is 1. The number of aromatic nitrogens is 3. The lowest BCUT2D eigenvalue weighted by atomic mass is 10.3. The molecule has 7 heteroatoms. The quantitative estimate of drug-likeness (QED) is 0.457. The van der Waals surface area contributed by atoms with E-state index in [9.17, 15) is 4.79 Å². The highest BCUT2D eigenvalue weighted by Crippen LogP contribution is 2.32. The molecule has 2 aromatic carbocycles. The molecule has 0 unspecified atom stereocenters. The summed E-state index contributed by atoms with van der Waals surface area (Å²) in [4.78, 5) is 18.8. The average Bonchev–Trinajstić information content (AvgIpc) is 3.36. The van der Waals surface area contributed by atoms with Crippen molar-refractivity contribution in [3.05, 3.63) is 71.2 Å². The molecule has 3 heterocycles. The van der Waals surface area contributed by atoms with Crippen molar-refractivity contribution < 1.29 is 4.79 Å². The summed E-state index contributed by atoms with van der Waals surface area (Å²) in [5.74, 6) is -0.144. The fourth-order valence-corrected chi connectivity index (χ4v) is 4.93. The van der Waals surface area contributed by atoms with Crippen LogP contribution in [0.15, 0.2) is 60.7 Å². The van der Waals surface area contributed by atoms with Gasteiger partial charge >= 0.3 is 0 Å². The van der Waals surface area contributed by atoms with Crippen LogP contribution in [0.3, 0.4) is 0 Å². The molecule has 5 nitrogen and oxygen atoms in total. The maximum Gasteiger partial charge on any atom is 0.267 e. The second-order valence-corrected chi connectivity index (χ2v) is 8.16. The van der Waals surface area contributed by atoms with Crippen LogP contribution in [0.2, 0.25) is 0 Å². The Morgan fingerprint density at radius 2 is 1.81 bits per heavy atom.